The first-order valence-electron chi connectivity index (χ1n) is 32.3. The Kier molecular flexibility index (Phi) is 34.1. The van der Waals surface area contributed by atoms with Crippen LogP contribution in [0.5, 0.6) is 0 Å². The normalized spacial score (nSPS) is 14.5. The van der Waals surface area contributed by atoms with Crippen molar-refractivity contribution in [2.45, 2.75) is 147 Å². The molecule has 2 aliphatic rings. The number of carbonyl (C=O) groups is 1. The smallest absolute Gasteiger partial charge is 0.464 e. The van der Waals surface area contributed by atoms with Gasteiger partial charge in [0.05, 0.1) is 104 Å². The van der Waals surface area contributed by atoms with Crippen LogP contribution in [0.3, 0.4) is 0 Å². The van der Waals surface area contributed by atoms with E-state index in [0.29, 0.717) is 56.2 Å². The monoisotopic (exact) mass is 1870 g/mol. The number of aryl methyl sites for hydroxylation is 6. The Balaban J connectivity index is 0.000000201. The highest BCUT2D eigenvalue weighted by atomic mass is 79.9. The number of rotatable bonds is 15. The Labute approximate surface area is 685 Å². The van der Waals surface area contributed by atoms with Crippen LogP contribution < -0.4 is 22.7 Å². The number of halogens is 5. The molecule has 588 valence electrons. The second kappa shape index (κ2) is 40.1. The molecule has 2 aliphatic heterocycles. The van der Waals surface area contributed by atoms with Crippen molar-refractivity contribution in [1.29, 1.82) is 0 Å². The van der Waals surface area contributed by atoms with Crippen molar-refractivity contribution in [2.24, 2.45) is 0 Å². The molecule has 2 saturated heterocycles. The van der Waals surface area contributed by atoms with Crippen LogP contribution in [0.25, 0.3) is 32.3 Å². The minimum absolute atomic E-state index is 0.00853. The van der Waals surface area contributed by atoms with Crippen molar-refractivity contribution in [2.75, 3.05) is 71.0 Å². The third-order valence-electron chi connectivity index (χ3n) is 16.1. The predicted molar refractivity (Wildman–Crippen MR) is 443 cm³/mol. The van der Waals surface area contributed by atoms with E-state index in [1.54, 1.807) is 87.3 Å². The van der Waals surface area contributed by atoms with Gasteiger partial charge in [0.2, 0.25) is 0 Å². The Morgan fingerprint density at radius 2 is 1.00 bits per heavy atom. The number of fused-ring (bicyclic) bond motifs is 1. The van der Waals surface area contributed by atoms with Gasteiger partial charge in [0.15, 0.2) is 52.6 Å². The molecule has 0 amide bonds. The summed E-state index contributed by atoms with van der Waals surface area (Å²) in [4.78, 5) is 46.5. The van der Waals surface area contributed by atoms with E-state index in [0.717, 1.165) is 122 Å². The van der Waals surface area contributed by atoms with Crippen LogP contribution in [0.15, 0.2) is 87.1 Å². The highest BCUT2D eigenvalue weighted by Gasteiger charge is 2.52. The number of hydrogen-bond acceptors (Lipinski definition) is 30. The lowest BCUT2D eigenvalue weighted by Crippen LogP contribution is -2.41. The Morgan fingerprint density at radius 3 is 1.38 bits per heavy atom. The average molecular weight is 1870 g/mol. The molecule has 10 aromatic rings. The SMILES string of the molecule is CC1(C)OB(c2ccc(N)c(S(C)(=O)=O)c2)OC1(C)C.COC(=O)c1nc(Br)sc1C.COCc1nc(-c2ccc(N)c(S(C)(=O)=O)c2)sc1C.COCc1nc(-c2ccc(N)c(S(C)(=O)=O)c2)sc1C.COCc1nc(Br)sc1C.Cc1nc2c(Cl)cc(Cl)nc2n1C1CCCCO1.Cc1sc(Br)nc1CO. The lowest BCUT2D eigenvalue weighted by Gasteiger charge is -2.32. The number of esters is 1. The average Bonchev–Trinajstić information content (AvgIpc) is 1.60. The number of nitrogen functional groups attached to an aromatic ring is 3. The molecule has 12 rings (SSSR count). The maximum absolute atomic E-state index is 11.7. The fourth-order valence-electron chi connectivity index (χ4n) is 9.85. The van der Waals surface area contributed by atoms with Crippen molar-refractivity contribution < 1.29 is 68.1 Å². The molecule has 0 bridgehead atoms. The van der Waals surface area contributed by atoms with E-state index >= 15 is 0 Å². The highest BCUT2D eigenvalue weighted by Crippen LogP contribution is 2.39. The highest BCUT2D eigenvalue weighted by molar-refractivity contribution is 9.11. The number of aliphatic hydroxyl groups excluding tert-OH is 1. The molecule has 3 aromatic carbocycles. The molecule has 0 saturated carbocycles. The van der Waals surface area contributed by atoms with Crippen molar-refractivity contribution >= 4 is 204 Å². The first-order chi connectivity index (χ1) is 50.4. The lowest BCUT2D eigenvalue weighted by molar-refractivity contribution is -0.0309. The topological polar surface area (TPSA) is 378 Å². The first kappa shape index (κ1) is 91.8. The molecule has 108 heavy (non-hydrogen) atoms. The Bertz CT molecular complexity index is 4990. The second-order valence-electron chi connectivity index (χ2n) is 25.0. The number of carbonyl (C=O) groups excluding carboxylic acids is 1. The number of aromatic nitrogens is 8. The molecule has 40 heteroatoms. The molecular formula is C68H85BBr3Cl2N11O15S8. The largest absolute Gasteiger partial charge is 0.494 e. The number of nitrogens with two attached hydrogens (primary N) is 3. The van der Waals surface area contributed by atoms with E-state index in [4.69, 9.17) is 73.8 Å². The number of ether oxygens (including phenoxy) is 5. The molecule has 0 spiro atoms. The lowest BCUT2D eigenvalue weighted by atomic mass is 9.79. The van der Waals surface area contributed by atoms with Gasteiger partial charge >= 0.3 is 13.1 Å². The minimum atomic E-state index is -3.38. The third kappa shape index (κ3) is 25.2. The van der Waals surface area contributed by atoms with Crippen molar-refractivity contribution in [3.63, 3.8) is 0 Å². The minimum Gasteiger partial charge on any atom is -0.464 e. The number of anilines is 3. The number of nitrogens with zero attached hydrogens (tertiary/aromatic N) is 8. The molecule has 7 N–H and O–H groups in total. The van der Waals surface area contributed by atoms with E-state index in [1.165, 1.54) is 63.4 Å². The van der Waals surface area contributed by atoms with Gasteiger partial charge in [-0.15, -0.1) is 56.7 Å². The maximum atomic E-state index is 11.7. The van der Waals surface area contributed by atoms with Crippen LogP contribution >= 0.6 is 128 Å². The summed E-state index contributed by atoms with van der Waals surface area (Å²) >= 11 is 29.4. The number of benzene rings is 3. The summed E-state index contributed by atoms with van der Waals surface area (Å²) in [5, 5.41) is 11.1. The zero-order chi connectivity index (χ0) is 80.7. The number of pyridine rings is 1. The zero-order valence-electron chi connectivity index (χ0n) is 62.2. The number of thiazole rings is 5. The van der Waals surface area contributed by atoms with Gasteiger partial charge in [-0.1, -0.05) is 29.3 Å². The molecule has 0 aliphatic carbocycles. The van der Waals surface area contributed by atoms with E-state index < -0.39 is 47.8 Å². The first-order valence-corrected chi connectivity index (χ1v) is 45.2. The van der Waals surface area contributed by atoms with Gasteiger partial charge in [0.1, 0.15) is 32.7 Å². The van der Waals surface area contributed by atoms with Crippen LogP contribution in [0.4, 0.5) is 17.1 Å². The molecule has 1 atom stereocenters. The number of aliphatic hydroxyl groups is 1. The van der Waals surface area contributed by atoms with Gasteiger partial charge in [-0.3, -0.25) is 4.57 Å². The quantitative estimate of drug-likeness (QED) is 0.0320. The van der Waals surface area contributed by atoms with Crippen molar-refractivity contribution in [3.05, 3.63) is 141 Å². The molecule has 9 heterocycles. The van der Waals surface area contributed by atoms with Gasteiger partial charge in [0.25, 0.3) is 0 Å². The van der Waals surface area contributed by atoms with Gasteiger partial charge in [-0.2, -0.15) is 0 Å². The van der Waals surface area contributed by atoms with Crippen LogP contribution in [0.2, 0.25) is 10.2 Å². The summed E-state index contributed by atoms with van der Waals surface area (Å²) < 4.78 is 112. The summed E-state index contributed by atoms with van der Waals surface area (Å²) in [6.45, 7) is 21.7. The van der Waals surface area contributed by atoms with Gasteiger partial charge < -0.3 is 55.3 Å². The summed E-state index contributed by atoms with van der Waals surface area (Å²) in [5.74, 6) is 0.470. The molecule has 0 radical (unpaired) electrons. The van der Waals surface area contributed by atoms with E-state index in [2.05, 4.69) is 87.4 Å². The predicted octanol–water partition coefficient (Wildman–Crippen LogP) is 15.3. The van der Waals surface area contributed by atoms with Gasteiger partial charge in [-0.05, 0) is 196 Å². The van der Waals surface area contributed by atoms with Crippen LogP contribution in [0, 0.1) is 41.5 Å². The molecule has 26 nitrogen and oxygen atoms in total. The summed E-state index contributed by atoms with van der Waals surface area (Å²) in [5.41, 5.74) is 24.4. The van der Waals surface area contributed by atoms with E-state index in [-0.39, 0.29) is 50.6 Å². The molecule has 2 fully saturated rings. The summed E-state index contributed by atoms with van der Waals surface area (Å²) in [6, 6.07) is 16.3. The second-order valence-corrected chi connectivity index (χ2v) is 41.6. The van der Waals surface area contributed by atoms with Crippen LogP contribution in [-0.4, -0.2) is 148 Å². The van der Waals surface area contributed by atoms with Gasteiger partial charge in [0, 0.05) is 82.2 Å². The molecule has 1 unspecified atom stereocenters. The number of methoxy groups -OCH3 is 4. The standard InChI is InChI=1S/C13H20BNO4S.2C13H16N2O3S2.C12H13Cl2N3O.C6H6BrNO2S.C6H8BrNOS.C5H6BrNOS/c1-12(2)13(3,4)19-14(18-12)9-6-7-10(15)11(8-9)20(5,16)17;2*1-8-11(7-18-2)15-13(19-8)9-4-5-10(14)12(6-9)20(3,16)17;1-7-15-11-8(13)6-9(14)16-12(11)17(7)10-4-2-3-5-18-10;1-3-4(5(9)10-2)8-6(7)11-3;1-4-5(3-9-2)8-6(7)10-4;1-3-4(2-8)7-5(6)9-3/h6-8H,15H2,1-5H3;2*4-6H,7,14H2,1-3H3;6,10H,2-5H2,1H3;1-2H3;3H2,1-2H3;8H,2H2,1H3. The van der Waals surface area contributed by atoms with Crippen LogP contribution in [-0.2, 0) is 88.9 Å². The van der Waals surface area contributed by atoms with E-state index in [9.17, 15) is 30.0 Å². The fraction of sp³-hybridized carbons (Fsp3) is 0.412. The third-order valence-corrected chi connectivity index (χ3v) is 26.5. The zero-order valence-corrected chi connectivity index (χ0v) is 75.0. The van der Waals surface area contributed by atoms with Crippen molar-refractivity contribution in [3.8, 4) is 21.1 Å². The number of imidazole rings is 1. The summed E-state index contributed by atoms with van der Waals surface area (Å²) in [6.07, 6.45) is 6.64. The number of hydrogen-bond donors (Lipinski definition) is 4. The van der Waals surface area contributed by atoms with Crippen molar-refractivity contribution in [1.82, 2.24) is 39.5 Å². The van der Waals surface area contributed by atoms with Crippen LogP contribution in [0.1, 0.15) is 117 Å². The maximum Gasteiger partial charge on any atom is 0.494 e. The van der Waals surface area contributed by atoms with E-state index in [1.807, 2.05) is 73.8 Å². The Morgan fingerprint density at radius 1 is 0.583 bits per heavy atom. The Hall–Kier alpha value is -5.05. The molecule has 7 aromatic heterocycles. The molecular weight excluding hydrogens is 1790 g/mol. The summed E-state index contributed by atoms with van der Waals surface area (Å²) in [7, 11) is -4.43. The number of sulfone groups is 3. The van der Waals surface area contributed by atoms with Gasteiger partial charge in [-0.25, -0.2) is 64.9 Å². The fourth-order valence-corrected chi connectivity index (χ4v) is 19.3.